The van der Waals surface area contributed by atoms with E-state index in [0.717, 1.165) is 10.2 Å². The maximum atomic E-state index is 10.9. The summed E-state index contributed by atoms with van der Waals surface area (Å²) in [5, 5.41) is 17.6. The third kappa shape index (κ3) is 2.41. The molecule has 0 radical (unpaired) electrons. The first-order valence-electron chi connectivity index (χ1n) is 6.08. The van der Waals surface area contributed by atoms with Gasteiger partial charge in [-0.25, -0.2) is 4.79 Å². The summed E-state index contributed by atoms with van der Waals surface area (Å²) >= 11 is 5.87. The molecule has 0 aliphatic rings. The highest BCUT2D eigenvalue weighted by atomic mass is 35.5. The normalized spacial score (nSPS) is 10.8. The zero-order chi connectivity index (χ0) is 15.0. The molecule has 0 fully saturated rings. The topological polar surface area (TPSA) is 81.2 Å². The molecule has 0 saturated heterocycles. The second-order valence-corrected chi connectivity index (χ2v) is 4.83. The highest BCUT2D eigenvalue weighted by Gasteiger charge is 2.19. The van der Waals surface area contributed by atoms with Gasteiger partial charge in [0, 0.05) is 16.8 Å². The molecule has 0 amide bonds. The fraction of sp³-hybridized carbons (Fsp3) is 0.0714. The number of hydrogen-bond donors (Lipinski definition) is 1. The van der Waals surface area contributed by atoms with Crippen LogP contribution in [0.5, 0.6) is 0 Å². The van der Waals surface area contributed by atoms with Gasteiger partial charge in [-0.3, -0.25) is 0 Å². The number of carbonyl (C=O) groups is 1. The van der Waals surface area contributed by atoms with E-state index in [9.17, 15) is 4.79 Å². The molecule has 0 unspecified atom stereocenters. The highest BCUT2D eigenvalue weighted by molar-refractivity contribution is 6.30. The van der Waals surface area contributed by atoms with Gasteiger partial charge in [-0.05, 0) is 25.1 Å². The fourth-order valence-electron chi connectivity index (χ4n) is 2.04. The maximum Gasteiger partial charge on any atom is 0.432 e. The van der Waals surface area contributed by atoms with Gasteiger partial charge in [-0.2, -0.15) is 9.78 Å². The van der Waals surface area contributed by atoms with Crippen LogP contribution in [0.25, 0.3) is 22.5 Å². The molecule has 3 aromatic rings. The van der Waals surface area contributed by atoms with Crippen LogP contribution in [-0.4, -0.2) is 26.1 Å². The minimum Gasteiger partial charge on any atom is -0.463 e. The summed E-state index contributed by atoms with van der Waals surface area (Å²) in [5.41, 5.74) is 2.56. The summed E-state index contributed by atoms with van der Waals surface area (Å²) in [6.45, 7) is 1.75. The predicted molar refractivity (Wildman–Crippen MR) is 76.3 cm³/mol. The van der Waals surface area contributed by atoms with Crippen molar-refractivity contribution >= 4 is 17.7 Å². The van der Waals surface area contributed by atoms with E-state index in [2.05, 4.69) is 10.3 Å². The second kappa shape index (κ2) is 5.06. The van der Waals surface area contributed by atoms with Crippen molar-refractivity contribution in [2.24, 2.45) is 0 Å². The largest absolute Gasteiger partial charge is 0.463 e. The van der Waals surface area contributed by atoms with Crippen LogP contribution in [0, 0.1) is 6.92 Å². The average molecular weight is 304 g/mol. The van der Waals surface area contributed by atoms with Crippen LogP contribution in [0.2, 0.25) is 5.02 Å². The van der Waals surface area contributed by atoms with E-state index in [1.165, 1.54) is 6.20 Å². The highest BCUT2D eigenvalue weighted by Crippen LogP contribution is 2.33. The van der Waals surface area contributed by atoms with Crippen molar-refractivity contribution in [3.05, 3.63) is 47.3 Å². The number of aromatic nitrogens is 3. The van der Waals surface area contributed by atoms with Crippen LogP contribution in [0.1, 0.15) is 5.76 Å². The molecule has 21 heavy (non-hydrogen) atoms. The van der Waals surface area contributed by atoms with Crippen molar-refractivity contribution in [3.63, 3.8) is 0 Å². The summed E-state index contributed by atoms with van der Waals surface area (Å²) in [5.74, 6) is 0.565. The SMILES string of the molecule is Cc1onc(-c2ccc(Cl)cc2)c1-c1ccn(C(=O)O)n1. The van der Waals surface area contributed by atoms with Crippen LogP contribution in [-0.2, 0) is 0 Å². The van der Waals surface area contributed by atoms with Crippen molar-refractivity contribution in [2.45, 2.75) is 6.92 Å². The number of hydrogen-bond acceptors (Lipinski definition) is 4. The molecule has 0 aliphatic carbocycles. The average Bonchev–Trinajstić information content (AvgIpc) is 3.06. The Morgan fingerprint density at radius 2 is 2.00 bits per heavy atom. The zero-order valence-electron chi connectivity index (χ0n) is 10.9. The lowest BCUT2D eigenvalue weighted by Crippen LogP contribution is -2.08. The van der Waals surface area contributed by atoms with Gasteiger partial charge in [0.15, 0.2) is 0 Å². The fourth-order valence-corrected chi connectivity index (χ4v) is 2.17. The summed E-state index contributed by atoms with van der Waals surface area (Å²) in [6.07, 6.45) is 0.221. The van der Waals surface area contributed by atoms with E-state index in [0.29, 0.717) is 27.7 Å². The number of halogens is 1. The molecular formula is C14H10ClN3O3. The first-order valence-corrected chi connectivity index (χ1v) is 6.45. The van der Waals surface area contributed by atoms with Crippen molar-refractivity contribution in [1.29, 1.82) is 0 Å². The van der Waals surface area contributed by atoms with Gasteiger partial charge < -0.3 is 9.63 Å². The molecule has 3 rings (SSSR count). The van der Waals surface area contributed by atoms with Crippen molar-refractivity contribution in [2.75, 3.05) is 0 Å². The van der Waals surface area contributed by atoms with Gasteiger partial charge in [-0.1, -0.05) is 28.9 Å². The van der Waals surface area contributed by atoms with Crippen molar-refractivity contribution < 1.29 is 14.4 Å². The van der Waals surface area contributed by atoms with Crippen LogP contribution >= 0.6 is 11.6 Å². The molecule has 106 valence electrons. The lowest BCUT2D eigenvalue weighted by molar-refractivity contribution is 0.192. The minimum absolute atomic E-state index is 0.487. The third-order valence-corrected chi connectivity index (χ3v) is 3.27. The zero-order valence-corrected chi connectivity index (χ0v) is 11.7. The van der Waals surface area contributed by atoms with Crippen molar-refractivity contribution in [3.8, 4) is 22.5 Å². The number of carboxylic acid groups (broad SMARTS) is 1. The first-order chi connectivity index (χ1) is 10.1. The minimum atomic E-state index is -1.15. The standard InChI is InChI=1S/C14H10ClN3O3/c1-8-12(11-6-7-18(16-11)14(19)20)13(17-21-8)9-2-4-10(15)5-3-9/h2-7H,1H3,(H,19,20). The van der Waals surface area contributed by atoms with E-state index < -0.39 is 6.09 Å². The Hall–Kier alpha value is -2.60. The van der Waals surface area contributed by atoms with Crippen LogP contribution in [0.15, 0.2) is 41.1 Å². The molecule has 0 bridgehead atoms. The van der Waals surface area contributed by atoms with Crippen molar-refractivity contribution in [1.82, 2.24) is 14.9 Å². The lowest BCUT2D eigenvalue weighted by Gasteiger charge is -2.00. The summed E-state index contributed by atoms with van der Waals surface area (Å²) in [4.78, 5) is 10.9. The number of rotatable bonds is 2. The van der Waals surface area contributed by atoms with Gasteiger partial charge in [0.2, 0.25) is 0 Å². The molecule has 1 N–H and O–H groups in total. The van der Waals surface area contributed by atoms with Gasteiger partial charge in [0.05, 0.1) is 11.3 Å². The van der Waals surface area contributed by atoms with E-state index in [1.807, 2.05) is 12.1 Å². The van der Waals surface area contributed by atoms with E-state index in [4.69, 9.17) is 21.2 Å². The molecule has 1 aromatic carbocycles. The van der Waals surface area contributed by atoms with E-state index in [1.54, 1.807) is 25.1 Å². The number of aryl methyl sites for hydroxylation is 1. The Balaban J connectivity index is 2.12. The summed E-state index contributed by atoms with van der Waals surface area (Å²) in [6, 6.07) is 8.74. The Bertz CT molecular complexity index is 805. The molecule has 0 atom stereocenters. The second-order valence-electron chi connectivity index (χ2n) is 4.40. The van der Waals surface area contributed by atoms with Crippen LogP contribution in [0.3, 0.4) is 0 Å². The molecular weight excluding hydrogens is 294 g/mol. The van der Waals surface area contributed by atoms with Crippen LogP contribution in [0.4, 0.5) is 4.79 Å². The molecule has 6 nitrogen and oxygen atoms in total. The smallest absolute Gasteiger partial charge is 0.432 e. The lowest BCUT2D eigenvalue weighted by atomic mass is 10.0. The Morgan fingerprint density at radius 1 is 1.29 bits per heavy atom. The van der Waals surface area contributed by atoms with Gasteiger partial charge in [0.25, 0.3) is 0 Å². The van der Waals surface area contributed by atoms with E-state index in [-0.39, 0.29) is 0 Å². The molecule has 2 aromatic heterocycles. The van der Waals surface area contributed by atoms with Gasteiger partial charge in [0.1, 0.15) is 11.5 Å². The molecule has 2 heterocycles. The Kier molecular flexibility index (Phi) is 3.23. The number of benzene rings is 1. The predicted octanol–water partition coefficient (Wildman–Crippen LogP) is 3.69. The molecule has 0 spiro atoms. The Morgan fingerprint density at radius 3 is 2.62 bits per heavy atom. The van der Waals surface area contributed by atoms with E-state index >= 15 is 0 Å². The van der Waals surface area contributed by atoms with Gasteiger partial charge >= 0.3 is 6.09 Å². The van der Waals surface area contributed by atoms with Crippen LogP contribution < -0.4 is 0 Å². The Labute approximate surface area is 124 Å². The van der Waals surface area contributed by atoms with Gasteiger partial charge in [-0.15, -0.1) is 0 Å². The monoisotopic (exact) mass is 303 g/mol. The third-order valence-electron chi connectivity index (χ3n) is 3.02. The molecule has 0 aliphatic heterocycles. The molecule has 7 heteroatoms. The molecule has 0 saturated carbocycles. The maximum absolute atomic E-state index is 10.9. The quantitative estimate of drug-likeness (QED) is 0.780. The summed E-state index contributed by atoms with van der Waals surface area (Å²) in [7, 11) is 0. The number of nitrogens with zero attached hydrogens (tertiary/aromatic N) is 3. The first kappa shape index (κ1) is 13.4. The summed E-state index contributed by atoms with van der Waals surface area (Å²) < 4.78 is 6.07.